The molecule has 0 aliphatic heterocycles. The highest BCUT2D eigenvalue weighted by Gasteiger charge is 2.28. The normalized spacial score (nSPS) is 23.7. The Kier molecular flexibility index (Phi) is 3.48. The molecule has 0 amide bonds. The maximum atomic E-state index is 4.56. The second-order valence-electron chi connectivity index (χ2n) is 5.34. The van der Waals surface area contributed by atoms with E-state index in [0.29, 0.717) is 10.9 Å². The lowest BCUT2D eigenvalue weighted by atomic mass is 9.94. The van der Waals surface area contributed by atoms with Crippen LogP contribution in [0.2, 0.25) is 0 Å². The molecular formula is C14H19BrN4. The molecule has 0 bridgehead atoms. The molecule has 1 aliphatic carbocycles. The molecule has 4 nitrogen and oxygen atoms in total. The summed E-state index contributed by atoms with van der Waals surface area (Å²) < 4.78 is 2.04. The summed E-state index contributed by atoms with van der Waals surface area (Å²) in [6.45, 7) is 0. The third-order valence-electron chi connectivity index (χ3n) is 4.10. The van der Waals surface area contributed by atoms with Gasteiger partial charge in [-0.2, -0.15) is 0 Å². The number of rotatable bonds is 2. The van der Waals surface area contributed by atoms with Gasteiger partial charge in [0, 0.05) is 31.2 Å². The maximum Gasteiger partial charge on any atom is 0.156 e. The van der Waals surface area contributed by atoms with Crippen molar-refractivity contribution in [3.8, 4) is 0 Å². The number of nitrogens with zero attached hydrogens (tertiary/aromatic N) is 4. The first-order chi connectivity index (χ1) is 9.18. The minimum Gasteiger partial charge on any atom is -0.354 e. The first-order valence-corrected chi connectivity index (χ1v) is 7.73. The average molecular weight is 323 g/mol. The van der Waals surface area contributed by atoms with Crippen LogP contribution in [0, 0.1) is 0 Å². The molecule has 1 fully saturated rings. The van der Waals surface area contributed by atoms with E-state index in [2.05, 4.69) is 37.8 Å². The molecule has 2 aromatic rings. The molecule has 3 rings (SSSR count). The minimum absolute atomic E-state index is 0.508. The Balaban J connectivity index is 1.99. The van der Waals surface area contributed by atoms with E-state index in [0.717, 1.165) is 16.9 Å². The summed E-state index contributed by atoms with van der Waals surface area (Å²) >= 11 is 3.83. The molecule has 2 heterocycles. The Morgan fingerprint density at radius 1 is 1.32 bits per heavy atom. The number of anilines is 1. The Hall–Kier alpha value is -1.10. The molecule has 1 saturated carbocycles. The number of halogens is 1. The van der Waals surface area contributed by atoms with Crippen LogP contribution in [0.5, 0.6) is 0 Å². The second kappa shape index (κ2) is 5.12. The Labute approximate surface area is 122 Å². The quantitative estimate of drug-likeness (QED) is 0.797. The number of pyridine rings is 1. The highest BCUT2D eigenvalue weighted by Crippen LogP contribution is 2.32. The summed E-state index contributed by atoms with van der Waals surface area (Å²) in [7, 11) is 4.16. The fourth-order valence-corrected chi connectivity index (χ4v) is 3.91. The molecule has 2 atom stereocenters. The Morgan fingerprint density at radius 3 is 2.89 bits per heavy atom. The van der Waals surface area contributed by atoms with E-state index in [1.165, 1.54) is 25.7 Å². The molecular weight excluding hydrogens is 304 g/mol. The summed E-state index contributed by atoms with van der Waals surface area (Å²) in [6, 6.07) is 2.53. The number of aryl methyl sites for hydroxylation is 1. The molecule has 2 aromatic heterocycles. The summed E-state index contributed by atoms with van der Waals surface area (Å²) in [5, 5.41) is 0. The molecule has 0 spiro atoms. The van der Waals surface area contributed by atoms with Crippen molar-refractivity contribution in [3.63, 3.8) is 0 Å². The monoisotopic (exact) mass is 322 g/mol. The number of alkyl halides is 1. The lowest BCUT2D eigenvalue weighted by Gasteiger charge is -2.35. The van der Waals surface area contributed by atoms with Gasteiger partial charge in [0.15, 0.2) is 5.82 Å². The van der Waals surface area contributed by atoms with Crippen LogP contribution in [0.3, 0.4) is 0 Å². The van der Waals surface area contributed by atoms with Gasteiger partial charge in [-0.15, -0.1) is 0 Å². The standard InChI is InChI=1S/C14H19BrN4/c1-18-9-17-13-12(18)7-8-16-14(13)19(2)11-6-4-3-5-10(11)15/h7-11H,3-6H2,1-2H3. The van der Waals surface area contributed by atoms with Gasteiger partial charge in [0.2, 0.25) is 0 Å². The third-order valence-corrected chi connectivity index (χ3v) is 5.17. The van der Waals surface area contributed by atoms with Crippen LogP contribution >= 0.6 is 15.9 Å². The highest BCUT2D eigenvalue weighted by atomic mass is 79.9. The van der Waals surface area contributed by atoms with Gasteiger partial charge in [-0.1, -0.05) is 28.8 Å². The van der Waals surface area contributed by atoms with Gasteiger partial charge in [-0.25, -0.2) is 9.97 Å². The maximum absolute atomic E-state index is 4.56. The van der Waals surface area contributed by atoms with Crippen LogP contribution in [-0.4, -0.2) is 32.5 Å². The van der Waals surface area contributed by atoms with Gasteiger partial charge in [0.25, 0.3) is 0 Å². The predicted molar refractivity (Wildman–Crippen MR) is 81.9 cm³/mol. The van der Waals surface area contributed by atoms with Crippen molar-refractivity contribution in [2.45, 2.75) is 36.6 Å². The van der Waals surface area contributed by atoms with Gasteiger partial charge in [0.05, 0.1) is 11.8 Å². The van der Waals surface area contributed by atoms with Gasteiger partial charge in [-0.05, 0) is 18.9 Å². The lowest BCUT2D eigenvalue weighted by Crippen LogP contribution is -2.41. The summed E-state index contributed by atoms with van der Waals surface area (Å²) in [5.74, 6) is 0.995. The van der Waals surface area contributed by atoms with Crippen molar-refractivity contribution in [1.82, 2.24) is 14.5 Å². The zero-order valence-electron chi connectivity index (χ0n) is 11.4. The average Bonchev–Trinajstić information content (AvgIpc) is 2.80. The van der Waals surface area contributed by atoms with E-state index in [-0.39, 0.29) is 0 Å². The summed E-state index contributed by atoms with van der Waals surface area (Å²) in [6.07, 6.45) is 8.82. The van der Waals surface area contributed by atoms with E-state index in [1.807, 2.05) is 30.2 Å². The van der Waals surface area contributed by atoms with Crippen molar-refractivity contribution in [3.05, 3.63) is 18.6 Å². The Bertz CT molecular complexity index is 580. The van der Waals surface area contributed by atoms with Crippen molar-refractivity contribution >= 4 is 32.8 Å². The molecule has 0 aromatic carbocycles. The van der Waals surface area contributed by atoms with Crippen molar-refractivity contribution in [1.29, 1.82) is 0 Å². The minimum atomic E-state index is 0.508. The van der Waals surface area contributed by atoms with Gasteiger partial charge in [0.1, 0.15) is 5.52 Å². The smallest absolute Gasteiger partial charge is 0.156 e. The predicted octanol–water partition coefficient (Wildman–Crippen LogP) is 3.11. The molecule has 2 unspecified atom stereocenters. The number of imidazole rings is 1. The fourth-order valence-electron chi connectivity index (χ4n) is 2.97. The zero-order chi connectivity index (χ0) is 13.4. The Morgan fingerprint density at radius 2 is 2.11 bits per heavy atom. The molecule has 1 aliphatic rings. The third kappa shape index (κ3) is 2.24. The van der Waals surface area contributed by atoms with Crippen LogP contribution in [-0.2, 0) is 7.05 Å². The van der Waals surface area contributed by atoms with Gasteiger partial charge >= 0.3 is 0 Å². The molecule has 19 heavy (non-hydrogen) atoms. The van der Waals surface area contributed by atoms with Crippen LogP contribution < -0.4 is 4.90 Å². The van der Waals surface area contributed by atoms with Gasteiger partial charge in [-0.3, -0.25) is 0 Å². The van der Waals surface area contributed by atoms with Gasteiger partial charge < -0.3 is 9.47 Å². The van der Waals surface area contributed by atoms with Crippen molar-refractivity contribution in [2.75, 3.05) is 11.9 Å². The number of hydrogen-bond acceptors (Lipinski definition) is 3. The summed E-state index contributed by atoms with van der Waals surface area (Å²) in [4.78, 5) is 11.9. The van der Waals surface area contributed by atoms with E-state index >= 15 is 0 Å². The molecule has 0 radical (unpaired) electrons. The fraction of sp³-hybridized carbons (Fsp3) is 0.571. The largest absolute Gasteiger partial charge is 0.354 e. The highest BCUT2D eigenvalue weighted by molar-refractivity contribution is 9.09. The first kappa shape index (κ1) is 12.9. The number of fused-ring (bicyclic) bond motifs is 1. The lowest BCUT2D eigenvalue weighted by molar-refractivity contribution is 0.443. The van der Waals surface area contributed by atoms with E-state index in [1.54, 1.807) is 0 Å². The zero-order valence-corrected chi connectivity index (χ0v) is 13.0. The summed E-state index contributed by atoms with van der Waals surface area (Å²) in [5.41, 5.74) is 2.14. The van der Waals surface area contributed by atoms with E-state index in [9.17, 15) is 0 Å². The van der Waals surface area contributed by atoms with Crippen LogP contribution in [0.1, 0.15) is 25.7 Å². The second-order valence-corrected chi connectivity index (χ2v) is 6.51. The number of hydrogen-bond donors (Lipinski definition) is 0. The van der Waals surface area contributed by atoms with E-state index < -0.39 is 0 Å². The molecule has 0 saturated heterocycles. The van der Waals surface area contributed by atoms with E-state index in [4.69, 9.17) is 0 Å². The van der Waals surface area contributed by atoms with Crippen LogP contribution in [0.15, 0.2) is 18.6 Å². The van der Waals surface area contributed by atoms with Crippen LogP contribution in [0.25, 0.3) is 11.0 Å². The van der Waals surface area contributed by atoms with Crippen molar-refractivity contribution < 1.29 is 0 Å². The first-order valence-electron chi connectivity index (χ1n) is 6.81. The molecule has 0 N–H and O–H groups in total. The molecule has 5 heteroatoms. The van der Waals surface area contributed by atoms with Crippen LogP contribution in [0.4, 0.5) is 5.82 Å². The SMILES string of the molecule is CN(c1nccc2c1ncn2C)C1CCCCC1Br. The number of aromatic nitrogens is 3. The van der Waals surface area contributed by atoms with Crippen molar-refractivity contribution in [2.24, 2.45) is 7.05 Å². The molecule has 102 valence electrons. The topological polar surface area (TPSA) is 34.0 Å².